The summed E-state index contributed by atoms with van der Waals surface area (Å²) in [5, 5.41) is 3.51. The van der Waals surface area contributed by atoms with Crippen LogP contribution < -0.4 is 5.32 Å². The van der Waals surface area contributed by atoms with Crippen LogP contribution in [-0.2, 0) is 0 Å². The number of hydrogen-bond acceptors (Lipinski definition) is 3. The Balaban J connectivity index is 1.48. The average Bonchev–Trinajstić information content (AvgIpc) is 3.00. The lowest BCUT2D eigenvalue weighted by atomic mass is 9.95. The molecule has 5 rings (SSSR count). The summed E-state index contributed by atoms with van der Waals surface area (Å²) in [6.07, 6.45) is 3.56. The fraction of sp³-hybridized carbons (Fsp3) is 0.350. The van der Waals surface area contributed by atoms with Crippen molar-refractivity contribution >= 4 is 29.2 Å². The van der Waals surface area contributed by atoms with Gasteiger partial charge in [0.1, 0.15) is 5.69 Å². The summed E-state index contributed by atoms with van der Waals surface area (Å²) in [6, 6.07) is 12.3. The van der Waals surface area contributed by atoms with Gasteiger partial charge in [0.25, 0.3) is 5.91 Å². The van der Waals surface area contributed by atoms with Crippen LogP contribution >= 0.6 is 11.6 Å². The van der Waals surface area contributed by atoms with E-state index in [4.69, 9.17) is 11.6 Å². The number of carbonyl (C=O) groups excluding carboxylic acids is 2. The van der Waals surface area contributed by atoms with Gasteiger partial charge in [0.15, 0.2) is 0 Å². The maximum atomic E-state index is 12.8. The molecule has 3 saturated heterocycles. The van der Waals surface area contributed by atoms with E-state index in [2.05, 4.69) is 10.3 Å². The van der Waals surface area contributed by atoms with E-state index in [-0.39, 0.29) is 23.9 Å². The lowest BCUT2D eigenvalue weighted by Crippen LogP contribution is -2.49. The number of nitrogens with one attached hydrogen (secondary N) is 1. The van der Waals surface area contributed by atoms with Crippen molar-refractivity contribution in [3.05, 3.63) is 59.4 Å². The first-order valence-corrected chi connectivity index (χ1v) is 9.51. The van der Waals surface area contributed by atoms with E-state index in [0.29, 0.717) is 36.0 Å². The summed E-state index contributed by atoms with van der Waals surface area (Å²) in [4.78, 5) is 33.5. The van der Waals surface area contributed by atoms with Crippen molar-refractivity contribution in [3.63, 3.8) is 0 Å². The number of anilines is 1. The predicted molar refractivity (Wildman–Crippen MR) is 104 cm³/mol. The third kappa shape index (κ3) is 3.90. The van der Waals surface area contributed by atoms with Crippen molar-refractivity contribution < 1.29 is 9.59 Å². The zero-order valence-corrected chi connectivity index (χ0v) is 15.6. The molecule has 0 saturated carbocycles. The maximum Gasteiger partial charge on any atom is 0.322 e. The van der Waals surface area contributed by atoms with Crippen LogP contribution in [0.4, 0.5) is 10.5 Å². The number of piperidine rings is 1. The molecule has 2 atom stereocenters. The van der Waals surface area contributed by atoms with Gasteiger partial charge in [0.2, 0.25) is 0 Å². The number of urea groups is 1. The van der Waals surface area contributed by atoms with E-state index in [9.17, 15) is 9.59 Å². The van der Waals surface area contributed by atoms with Crippen molar-refractivity contribution in [2.24, 2.45) is 5.92 Å². The second-order valence-corrected chi connectivity index (χ2v) is 7.55. The topological polar surface area (TPSA) is 65.5 Å². The summed E-state index contributed by atoms with van der Waals surface area (Å²) < 4.78 is 0. The van der Waals surface area contributed by atoms with Crippen LogP contribution in [0.5, 0.6) is 0 Å². The molecule has 0 radical (unpaired) electrons. The molecule has 3 aliphatic heterocycles. The van der Waals surface area contributed by atoms with Crippen molar-refractivity contribution in [3.8, 4) is 0 Å². The molecule has 3 aliphatic rings. The number of halogens is 1. The minimum Gasteiger partial charge on any atom is -0.335 e. The summed E-state index contributed by atoms with van der Waals surface area (Å²) in [7, 11) is 0. The number of amides is 3. The van der Waals surface area contributed by atoms with Gasteiger partial charge in [-0.15, -0.1) is 0 Å². The Kier molecular flexibility index (Phi) is 4.99. The largest absolute Gasteiger partial charge is 0.335 e. The van der Waals surface area contributed by atoms with Gasteiger partial charge in [-0.2, -0.15) is 0 Å². The third-order valence-corrected chi connectivity index (χ3v) is 5.46. The second-order valence-electron chi connectivity index (χ2n) is 7.12. The standard InChI is InChI=1S/C20H21ClN4O2/c21-15-4-3-5-16(10-15)23-20(27)25-12-14-7-8-17(25)13-24(11-14)19(26)18-6-1-2-9-22-18/h1-6,9-10,14,17H,7-8,11-13H2,(H,23,27)/t14-,17+/m1/s1. The first kappa shape index (κ1) is 17.8. The lowest BCUT2D eigenvalue weighted by molar-refractivity contribution is 0.0737. The van der Waals surface area contributed by atoms with E-state index >= 15 is 0 Å². The van der Waals surface area contributed by atoms with E-state index in [1.165, 1.54) is 0 Å². The Bertz CT molecular complexity index is 845. The molecule has 3 amide bonds. The molecule has 4 heterocycles. The Morgan fingerprint density at radius 1 is 1.07 bits per heavy atom. The number of benzene rings is 1. The highest BCUT2D eigenvalue weighted by Crippen LogP contribution is 2.29. The van der Waals surface area contributed by atoms with Gasteiger partial charge in [-0.1, -0.05) is 23.7 Å². The van der Waals surface area contributed by atoms with Crippen molar-refractivity contribution in [1.82, 2.24) is 14.8 Å². The Labute approximate surface area is 163 Å². The molecule has 6 nitrogen and oxygen atoms in total. The number of fused-ring (bicyclic) bond motifs is 4. The summed E-state index contributed by atoms with van der Waals surface area (Å²) in [5.41, 5.74) is 1.13. The lowest BCUT2D eigenvalue weighted by Gasteiger charge is -2.35. The third-order valence-electron chi connectivity index (χ3n) is 5.22. The first-order valence-electron chi connectivity index (χ1n) is 9.13. The number of hydrogen-bond donors (Lipinski definition) is 1. The summed E-state index contributed by atoms with van der Waals surface area (Å²) in [5.74, 6) is 0.214. The molecular weight excluding hydrogens is 364 g/mol. The molecule has 140 valence electrons. The fourth-order valence-electron chi connectivity index (χ4n) is 3.91. The summed E-state index contributed by atoms with van der Waals surface area (Å²) >= 11 is 6.00. The van der Waals surface area contributed by atoms with Crippen LogP contribution in [0.1, 0.15) is 23.3 Å². The molecule has 2 aromatic rings. The van der Waals surface area contributed by atoms with Gasteiger partial charge in [-0.25, -0.2) is 4.79 Å². The van der Waals surface area contributed by atoms with Crippen LogP contribution in [0.3, 0.4) is 0 Å². The normalized spacial score (nSPS) is 21.7. The molecule has 3 fully saturated rings. The van der Waals surface area contributed by atoms with Crippen LogP contribution in [-0.4, -0.2) is 52.4 Å². The van der Waals surface area contributed by atoms with Gasteiger partial charge in [0.05, 0.1) is 6.04 Å². The number of aromatic nitrogens is 1. The molecule has 1 aromatic carbocycles. The van der Waals surface area contributed by atoms with Crippen LogP contribution in [0, 0.1) is 5.92 Å². The van der Waals surface area contributed by atoms with Gasteiger partial charge >= 0.3 is 6.03 Å². The van der Waals surface area contributed by atoms with E-state index < -0.39 is 0 Å². The van der Waals surface area contributed by atoms with E-state index in [1.54, 1.807) is 36.5 Å². The van der Waals surface area contributed by atoms with Crippen LogP contribution in [0.15, 0.2) is 48.7 Å². The number of nitrogens with zero attached hydrogens (tertiary/aromatic N) is 3. The Hall–Kier alpha value is -2.60. The zero-order valence-electron chi connectivity index (χ0n) is 14.8. The minimum absolute atomic E-state index is 0.00981. The quantitative estimate of drug-likeness (QED) is 0.861. The Morgan fingerprint density at radius 2 is 1.96 bits per heavy atom. The smallest absolute Gasteiger partial charge is 0.322 e. The molecule has 1 aromatic heterocycles. The van der Waals surface area contributed by atoms with Gasteiger partial charge in [-0.3, -0.25) is 9.78 Å². The number of rotatable bonds is 2. The van der Waals surface area contributed by atoms with E-state index in [0.717, 1.165) is 12.8 Å². The first-order chi connectivity index (χ1) is 13.1. The summed E-state index contributed by atoms with van der Waals surface area (Å²) in [6.45, 7) is 1.85. The highest BCUT2D eigenvalue weighted by atomic mass is 35.5. The van der Waals surface area contributed by atoms with Crippen molar-refractivity contribution in [1.29, 1.82) is 0 Å². The molecule has 27 heavy (non-hydrogen) atoms. The monoisotopic (exact) mass is 384 g/mol. The van der Waals surface area contributed by atoms with Crippen molar-refractivity contribution in [2.45, 2.75) is 18.9 Å². The molecule has 2 bridgehead atoms. The molecular formula is C20H21ClN4O2. The molecule has 0 spiro atoms. The molecule has 0 unspecified atom stereocenters. The highest BCUT2D eigenvalue weighted by molar-refractivity contribution is 6.30. The molecule has 1 N–H and O–H groups in total. The molecule has 7 heteroatoms. The number of pyridine rings is 1. The fourth-order valence-corrected chi connectivity index (χ4v) is 4.10. The van der Waals surface area contributed by atoms with Gasteiger partial charge in [0, 0.05) is 36.5 Å². The van der Waals surface area contributed by atoms with Gasteiger partial charge in [-0.05, 0) is 49.1 Å². The van der Waals surface area contributed by atoms with Gasteiger partial charge < -0.3 is 15.1 Å². The zero-order chi connectivity index (χ0) is 18.8. The minimum atomic E-state index is -0.140. The average molecular weight is 385 g/mol. The van der Waals surface area contributed by atoms with E-state index in [1.807, 2.05) is 21.9 Å². The van der Waals surface area contributed by atoms with Crippen LogP contribution in [0.25, 0.3) is 0 Å². The highest BCUT2D eigenvalue weighted by Gasteiger charge is 2.39. The van der Waals surface area contributed by atoms with Crippen LogP contribution in [0.2, 0.25) is 5.02 Å². The molecule has 0 aliphatic carbocycles. The second kappa shape index (κ2) is 7.56. The number of carbonyl (C=O) groups is 2. The SMILES string of the molecule is O=C(c1ccccn1)N1C[C@H]2CC[C@@H](C1)N(C(=O)Nc1cccc(Cl)c1)C2. The predicted octanol–water partition coefficient (Wildman–Crippen LogP) is 3.50. The maximum absolute atomic E-state index is 12.8. The Morgan fingerprint density at radius 3 is 2.74 bits per heavy atom. The van der Waals surface area contributed by atoms with Crippen molar-refractivity contribution in [2.75, 3.05) is 25.0 Å².